The number of benzene rings is 2. The molecule has 4 atom stereocenters. The van der Waals surface area contributed by atoms with Crippen LogP contribution in [0.25, 0.3) is 5.76 Å². The number of nitro groups is 1. The van der Waals surface area contributed by atoms with Crippen LogP contribution in [0.3, 0.4) is 0 Å². The third-order valence-corrected chi connectivity index (χ3v) is 8.97. The van der Waals surface area contributed by atoms with Crippen LogP contribution < -0.4 is 21.3 Å². The number of anilines is 3. The number of ketones is 2. The van der Waals surface area contributed by atoms with Gasteiger partial charge in [0.05, 0.1) is 22.2 Å². The number of fused-ring (bicyclic) bond motifs is 3. The second kappa shape index (κ2) is 11.4. The van der Waals surface area contributed by atoms with Crippen LogP contribution in [0.5, 0.6) is 5.75 Å². The maximum atomic E-state index is 14.1. The Bertz CT molecular complexity index is 1790. The predicted octanol–water partition coefficient (Wildman–Crippen LogP) is 1.75. The summed E-state index contributed by atoms with van der Waals surface area (Å²) in [5.74, 6) is -7.46. The van der Waals surface area contributed by atoms with Gasteiger partial charge in [0, 0.05) is 49.1 Å². The molecule has 1 fully saturated rings. The molecule has 0 aliphatic heterocycles. The molecular weight excluding hydrogens is 620 g/mol. The highest BCUT2D eigenvalue weighted by atomic mass is 32.1. The van der Waals surface area contributed by atoms with E-state index in [0.29, 0.717) is 16.9 Å². The number of Topliss-reactive ketones (excluding diaryl/α,β-unsaturated/α-hetero) is 2. The van der Waals surface area contributed by atoms with Gasteiger partial charge >= 0.3 is 0 Å². The van der Waals surface area contributed by atoms with Crippen LogP contribution in [-0.2, 0) is 20.8 Å². The van der Waals surface area contributed by atoms with Crippen molar-refractivity contribution in [1.82, 2.24) is 4.90 Å². The molecule has 3 aliphatic carbocycles. The second-order valence-electron chi connectivity index (χ2n) is 11.9. The minimum Gasteiger partial charge on any atom is -0.508 e. The van der Waals surface area contributed by atoms with Gasteiger partial charge in [0.15, 0.2) is 16.5 Å². The smallest absolute Gasteiger partial charge is 0.269 e. The van der Waals surface area contributed by atoms with Crippen molar-refractivity contribution < 1.29 is 39.7 Å². The Morgan fingerprint density at radius 1 is 1.11 bits per heavy atom. The Morgan fingerprint density at radius 2 is 1.74 bits per heavy atom. The number of aliphatic hydroxyl groups excluding tert-OH is 2. The number of aliphatic hydroxyl groups is 3. The molecule has 5 rings (SSSR count). The van der Waals surface area contributed by atoms with Gasteiger partial charge in [0.2, 0.25) is 5.78 Å². The second-order valence-corrected chi connectivity index (χ2v) is 12.3. The molecule has 0 radical (unpaired) electrons. The van der Waals surface area contributed by atoms with E-state index in [2.05, 4.69) is 10.6 Å². The zero-order valence-electron chi connectivity index (χ0n) is 25.2. The number of phenols is 1. The number of amides is 1. The number of primary amides is 1. The maximum Gasteiger partial charge on any atom is 0.269 e. The van der Waals surface area contributed by atoms with E-state index < -0.39 is 68.7 Å². The van der Waals surface area contributed by atoms with E-state index in [9.17, 15) is 44.9 Å². The van der Waals surface area contributed by atoms with E-state index in [1.165, 1.54) is 43.3 Å². The predicted molar refractivity (Wildman–Crippen MR) is 172 cm³/mol. The summed E-state index contributed by atoms with van der Waals surface area (Å²) in [6.45, 7) is 0. The molecule has 0 saturated heterocycles. The summed E-state index contributed by atoms with van der Waals surface area (Å²) in [5.41, 5.74) is 2.72. The zero-order chi connectivity index (χ0) is 34.0. The van der Waals surface area contributed by atoms with Crippen LogP contribution in [0.4, 0.5) is 22.7 Å². The molecule has 1 amide bonds. The molecule has 0 spiro atoms. The molecule has 2 aromatic rings. The molecule has 3 aliphatic rings. The van der Waals surface area contributed by atoms with Crippen molar-refractivity contribution in [2.45, 2.75) is 24.5 Å². The summed E-state index contributed by atoms with van der Waals surface area (Å²) >= 11 is 5.39. The third kappa shape index (κ3) is 4.90. The number of likely N-dealkylation sites (N-methyl/N-ethyl adjacent to an activating group) is 1. The van der Waals surface area contributed by atoms with Crippen molar-refractivity contribution in [1.29, 1.82) is 0 Å². The number of nitrogens with zero attached hydrogens (tertiary/aromatic N) is 3. The first-order chi connectivity index (χ1) is 21.5. The largest absolute Gasteiger partial charge is 0.508 e. The average molecular weight is 653 g/mol. The highest BCUT2D eigenvalue weighted by Crippen LogP contribution is 2.54. The average Bonchev–Trinajstić information content (AvgIpc) is 2.96. The lowest BCUT2D eigenvalue weighted by molar-refractivity contribution is -0.384. The molecule has 0 aromatic heterocycles. The number of hydrogen-bond acceptors (Lipinski definition) is 12. The standard InChI is InChI=1S/C30H32N6O9S/c1-34(2)18-11-17(33-29(46)32-13-5-7-14(8-6-13)36(44)45)23(37)20-15(18)9-12-10-16-22(35(3)4)25(39)21(28(31)42)27(41)30(16,43)26(40)19(12)24(20)38/h5-8,11-12,16,22,37-38,41,43H,9-10H2,1-4H3,(H2,31,42)(H2,32,33,46)/t12-,16-,22-,30-/m0/s1. The van der Waals surface area contributed by atoms with Crippen LogP contribution in [-0.4, -0.2) is 92.7 Å². The van der Waals surface area contributed by atoms with Gasteiger partial charge in [0.1, 0.15) is 22.8 Å². The number of carbonyl (C=O) groups is 3. The van der Waals surface area contributed by atoms with E-state index in [4.69, 9.17) is 18.0 Å². The van der Waals surface area contributed by atoms with Crippen molar-refractivity contribution in [2.24, 2.45) is 17.6 Å². The fourth-order valence-electron chi connectivity index (χ4n) is 6.74. The molecule has 1 saturated carbocycles. The van der Waals surface area contributed by atoms with Crippen LogP contribution in [0.15, 0.2) is 47.2 Å². The summed E-state index contributed by atoms with van der Waals surface area (Å²) in [6, 6.07) is 5.87. The minimum absolute atomic E-state index is 0.00354. The van der Waals surface area contributed by atoms with Crippen molar-refractivity contribution in [3.8, 4) is 5.75 Å². The first-order valence-corrected chi connectivity index (χ1v) is 14.4. The molecule has 242 valence electrons. The summed E-state index contributed by atoms with van der Waals surface area (Å²) in [5, 5.41) is 62.6. The van der Waals surface area contributed by atoms with Crippen LogP contribution >= 0.6 is 12.2 Å². The van der Waals surface area contributed by atoms with Crippen LogP contribution in [0, 0.1) is 22.0 Å². The number of nitrogens with two attached hydrogens (primary N) is 1. The number of hydrogen-bond donors (Lipinski definition) is 7. The fourth-order valence-corrected chi connectivity index (χ4v) is 6.97. The monoisotopic (exact) mass is 652 g/mol. The number of rotatable bonds is 6. The Hall–Kier alpha value is -5.06. The van der Waals surface area contributed by atoms with E-state index >= 15 is 0 Å². The van der Waals surface area contributed by atoms with Gasteiger partial charge in [0.25, 0.3) is 11.6 Å². The van der Waals surface area contributed by atoms with Gasteiger partial charge in [-0.1, -0.05) is 0 Å². The van der Waals surface area contributed by atoms with Crippen molar-refractivity contribution >= 4 is 63.3 Å². The summed E-state index contributed by atoms with van der Waals surface area (Å²) in [4.78, 5) is 53.2. The minimum atomic E-state index is -2.75. The van der Waals surface area contributed by atoms with E-state index in [0.717, 1.165) is 0 Å². The number of non-ortho nitro benzene ring substituents is 1. The number of phenolic OH excluding ortho intramolecular Hbond substituents is 1. The maximum absolute atomic E-state index is 14.1. The normalized spacial score (nSPS) is 23.8. The van der Waals surface area contributed by atoms with Gasteiger partial charge in [-0.2, -0.15) is 0 Å². The lowest BCUT2D eigenvalue weighted by Gasteiger charge is -2.50. The molecule has 46 heavy (non-hydrogen) atoms. The molecule has 0 bridgehead atoms. The van der Waals surface area contributed by atoms with Gasteiger partial charge in [-0.05, 0) is 68.8 Å². The van der Waals surface area contributed by atoms with E-state index in [1.54, 1.807) is 25.1 Å². The Kier molecular flexibility index (Phi) is 8.00. The Morgan fingerprint density at radius 3 is 2.28 bits per heavy atom. The lowest BCUT2D eigenvalue weighted by atomic mass is 9.57. The molecule has 2 aromatic carbocycles. The van der Waals surface area contributed by atoms with E-state index in [-0.39, 0.29) is 40.5 Å². The van der Waals surface area contributed by atoms with Gasteiger partial charge < -0.3 is 41.7 Å². The van der Waals surface area contributed by atoms with Crippen LogP contribution in [0.1, 0.15) is 17.5 Å². The summed E-state index contributed by atoms with van der Waals surface area (Å²) in [6.07, 6.45) is 0.0734. The molecule has 0 heterocycles. The highest BCUT2D eigenvalue weighted by Gasteiger charge is 2.64. The Labute approximate surface area is 267 Å². The number of aromatic hydroxyl groups is 1. The van der Waals surface area contributed by atoms with E-state index in [1.807, 2.05) is 0 Å². The van der Waals surface area contributed by atoms with Crippen molar-refractivity contribution in [3.63, 3.8) is 0 Å². The molecule has 8 N–H and O–H groups in total. The molecule has 15 nitrogen and oxygen atoms in total. The van der Waals surface area contributed by atoms with Crippen LogP contribution in [0.2, 0.25) is 0 Å². The number of carbonyl (C=O) groups excluding carboxylic acids is 3. The highest BCUT2D eigenvalue weighted by molar-refractivity contribution is 7.80. The SMILES string of the molecule is CN(C)c1cc(NC(=S)Nc2ccc([N+](=O)[O-])cc2)c(O)c2c1C[C@H]1C[C@H]3[C@H](N(C)C)C(=O)C(C(N)=O)=C(O)[C@@]3(O)C(=O)C1=C2O. The number of thiocarbonyl (C=S) groups is 1. The number of nitrogens with one attached hydrogen (secondary N) is 2. The zero-order valence-corrected chi connectivity index (χ0v) is 26.0. The quantitative estimate of drug-likeness (QED) is 0.0775. The van der Waals surface area contributed by atoms with Crippen molar-refractivity contribution in [3.05, 3.63) is 68.5 Å². The first-order valence-electron chi connectivity index (χ1n) is 14.0. The molecule has 0 unspecified atom stereocenters. The Balaban J connectivity index is 1.60. The fraction of sp³-hybridized carbons (Fsp3) is 0.333. The first kappa shape index (κ1) is 32.3. The topological polar surface area (TPSA) is 232 Å². The van der Waals surface area contributed by atoms with Gasteiger partial charge in [-0.3, -0.25) is 29.4 Å². The van der Waals surface area contributed by atoms with Gasteiger partial charge in [-0.25, -0.2) is 0 Å². The van der Waals surface area contributed by atoms with Gasteiger partial charge in [-0.15, -0.1) is 0 Å². The summed E-state index contributed by atoms with van der Waals surface area (Å²) in [7, 11) is 6.54. The summed E-state index contributed by atoms with van der Waals surface area (Å²) < 4.78 is 0. The lowest BCUT2D eigenvalue weighted by Crippen LogP contribution is -2.65. The molecule has 16 heteroatoms. The number of nitro benzene ring substituents is 1. The third-order valence-electron chi connectivity index (χ3n) is 8.76. The molecular formula is C30H32N6O9S. The van der Waals surface area contributed by atoms with Crippen molar-refractivity contribution in [2.75, 3.05) is 43.7 Å².